The maximum Gasteiger partial charge on any atom is 0.284 e. The molecule has 0 unspecified atom stereocenters. The van der Waals surface area contributed by atoms with E-state index in [0.717, 1.165) is 25.8 Å². The molecule has 1 aliphatic rings. The van der Waals surface area contributed by atoms with Gasteiger partial charge in [-0.3, -0.25) is 4.79 Å². The minimum atomic E-state index is -3.91. The van der Waals surface area contributed by atoms with Crippen LogP contribution in [-0.4, -0.2) is 43.6 Å². The standard InChI is InChI=1S/C22H23FN4O3S/c1-27-11-4-2-3-8-21(27)26-31(29,30)18-7-5-6-17(14-18)24-22(28)20-13-15-12-16(23)9-10-19(15)25-20/h5-7,9-10,12-14,25H,2-4,8,11H2,1H3,(H,24,28). The number of anilines is 1. The quantitative estimate of drug-likeness (QED) is 0.635. The normalized spacial score (nSPS) is 16.5. The number of sulfonamides is 1. The van der Waals surface area contributed by atoms with Crippen molar-refractivity contribution in [3.05, 3.63) is 60.0 Å². The number of carbonyl (C=O) groups is 1. The van der Waals surface area contributed by atoms with Gasteiger partial charge in [0.2, 0.25) is 0 Å². The molecule has 1 aliphatic heterocycles. The Morgan fingerprint density at radius 3 is 2.81 bits per heavy atom. The first kappa shape index (κ1) is 21.0. The van der Waals surface area contributed by atoms with Crippen LogP contribution in [0.15, 0.2) is 57.8 Å². The van der Waals surface area contributed by atoms with Gasteiger partial charge in [-0.1, -0.05) is 12.5 Å². The van der Waals surface area contributed by atoms with Gasteiger partial charge >= 0.3 is 0 Å². The average Bonchev–Trinajstić information content (AvgIpc) is 3.06. The molecule has 9 heteroatoms. The van der Waals surface area contributed by atoms with E-state index in [9.17, 15) is 17.6 Å². The summed E-state index contributed by atoms with van der Waals surface area (Å²) in [6, 6.07) is 11.7. The van der Waals surface area contributed by atoms with E-state index in [1.54, 1.807) is 24.3 Å². The number of halogens is 1. The molecule has 0 atom stereocenters. The smallest absolute Gasteiger partial charge is 0.284 e. The van der Waals surface area contributed by atoms with Crippen molar-refractivity contribution in [3.63, 3.8) is 0 Å². The lowest BCUT2D eigenvalue weighted by Crippen LogP contribution is -2.26. The zero-order valence-corrected chi connectivity index (χ0v) is 17.9. The fraction of sp³-hybridized carbons (Fsp3) is 0.273. The lowest BCUT2D eigenvalue weighted by atomic mass is 10.2. The Bertz CT molecular complexity index is 1270. The molecule has 0 radical (unpaired) electrons. The first-order valence-corrected chi connectivity index (χ1v) is 11.5. The fourth-order valence-electron chi connectivity index (χ4n) is 3.59. The van der Waals surface area contributed by atoms with Crippen LogP contribution >= 0.6 is 0 Å². The van der Waals surface area contributed by atoms with Crippen LogP contribution in [0, 0.1) is 5.82 Å². The average molecular weight is 443 g/mol. The summed E-state index contributed by atoms with van der Waals surface area (Å²) in [6.07, 6.45) is 3.58. The maximum absolute atomic E-state index is 13.4. The molecule has 0 saturated carbocycles. The molecule has 1 amide bonds. The number of benzene rings is 2. The number of hydrogen-bond acceptors (Lipinski definition) is 3. The van der Waals surface area contributed by atoms with E-state index in [1.807, 2.05) is 11.9 Å². The number of aromatic amines is 1. The number of rotatable bonds is 4. The summed E-state index contributed by atoms with van der Waals surface area (Å²) in [5.41, 5.74) is 1.20. The minimum Gasteiger partial charge on any atom is -0.362 e. The van der Waals surface area contributed by atoms with E-state index >= 15 is 0 Å². The van der Waals surface area contributed by atoms with Crippen molar-refractivity contribution in [1.29, 1.82) is 0 Å². The Hall–Kier alpha value is -3.20. The number of amides is 1. The molecule has 31 heavy (non-hydrogen) atoms. The second kappa shape index (κ2) is 8.50. The Morgan fingerprint density at radius 2 is 1.97 bits per heavy atom. The van der Waals surface area contributed by atoms with Crippen LogP contribution in [0.4, 0.5) is 10.1 Å². The summed E-state index contributed by atoms with van der Waals surface area (Å²) in [7, 11) is -2.06. The monoisotopic (exact) mass is 442 g/mol. The van der Waals surface area contributed by atoms with E-state index in [1.165, 1.54) is 24.3 Å². The highest BCUT2D eigenvalue weighted by molar-refractivity contribution is 7.90. The molecule has 3 aromatic rings. The highest BCUT2D eigenvalue weighted by Crippen LogP contribution is 2.22. The number of hydrogen-bond donors (Lipinski definition) is 2. The number of carbonyl (C=O) groups excluding carboxylic acids is 1. The highest BCUT2D eigenvalue weighted by Gasteiger charge is 2.19. The Morgan fingerprint density at radius 1 is 1.13 bits per heavy atom. The first-order chi connectivity index (χ1) is 14.8. The van der Waals surface area contributed by atoms with E-state index in [2.05, 4.69) is 14.7 Å². The van der Waals surface area contributed by atoms with Gasteiger partial charge in [0, 0.05) is 36.6 Å². The molecule has 1 fully saturated rings. The van der Waals surface area contributed by atoms with Crippen LogP contribution in [0.2, 0.25) is 0 Å². The molecule has 0 bridgehead atoms. The van der Waals surface area contributed by atoms with Crippen LogP contribution in [-0.2, 0) is 10.0 Å². The summed E-state index contributed by atoms with van der Waals surface area (Å²) in [4.78, 5) is 17.4. The van der Waals surface area contributed by atoms with E-state index in [-0.39, 0.29) is 10.6 Å². The van der Waals surface area contributed by atoms with E-state index in [0.29, 0.717) is 28.8 Å². The van der Waals surface area contributed by atoms with Crippen LogP contribution in [0.5, 0.6) is 0 Å². The number of H-pyrrole nitrogens is 1. The van der Waals surface area contributed by atoms with Crippen molar-refractivity contribution in [2.45, 2.75) is 30.6 Å². The summed E-state index contributed by atoms with van der Waals surface area (Å²) in [6.45, 7) is 0.777. The topological polar surface area (TPSA) is 94.6 Å². The molecule has 2 N–H and O–H groups in total. The molecule has 0 spiro atoms. The summed E-state index contributed by atoms with van der Waals surface area (Å²) >= 11 is 0. The summed E-state index contributed by atoms with van der Waals surface area (Å²) in [5.74, 6) is -0.296. The summed E-state index contributed by atoms with van der Waals surface area (Å²) < 4.78 is 43.1. The Labute approximate surface area is 180 Å². The predicted molar refractivity (Wildman–Crippen MR) is 118 cm³/mol. The lowest BCUT2D eigenvalue weighted by molar-refractivity contribution is 0.102. The van der Waals surface area contributed by atoms with Crippen molar-refractivity contribution in [3.8, 4) is 0 Å². The van der Waals surface area contributed by atoms with Crippen molar-refractivity contribution in [1.82, 2.24) is 9.88 Å². The fourth-order valence-corrected chi connectivity index (χ4v) is 4.73. The van der Waals surface area contributed by atoms with Crippen molar-refractivity contribution >= 4 is 38.4 Å². The number of likely N-dealkylation sites (tertiary alicyclic amines) is 1. The highest BCUT2D eigenvalue weighted by atomic mass is 32.2. The Balaban J connectivity index is 1.56. The van der Waals surface area contributed by atoms with Gasteiger partial charge in [-0.05, 0) is 55.3 Å². The van der Waals surface area contributed by atoms with Gasteiger partial charge in [0.05, 0.1) is 4.90 Å². The van der Waals surface area contributed by atoms with Gasteiger partial charge < -0.3 is 15.2 Å². The molecular weight excluding hydrogens is 419 g/mol. The minimum absolute atomic E-state index is 0.00849. The van der Waals surface area contributed by atoms with Crippen molar-refractivity contribution < 1.29 is 17.6 Å². The molecule has 7 nitrogen and oxygen atoms in total. The molecule has 2 aromatic carbocycles. The van der Waals surface area contributed by atoms with Gasteiger partial charge in [0.25, 0.3) is 15.9 Å². The SMILES string of the molecule is CN1CCCCCC1=NS(=O)(=O)c1cccc(NC(=O)c2cc3cc(F)ccc3[nH]2)c1. The van der Waals surface area contributed by atoms with Crippen LogP contribution in [0.3, 0.4) is 0 Å². The van der Waals surface area contributed by atoms with Crippen LogP contribution < -0.4 is 5.32 Å². The molecular formula is C22H23FN4O3S. The van der Waals surface area contributed by atoms with Gasteiger partial charge in [-0.2, -0.15) is 8.42 Å². The molecule has 4 rings (SSSR count). The maximum atomic E-state index is 13.4. The second-order valence-electron chi connectivity index (χ2n) is 7.61. The molecule has 1 aromatic heterocycles. The van der Waals surface area contributed by atoms with Crippen LogP contribution in [0.1, 0.15) is 36.2 Å². The lowest BCUT2D eigenvalue weighted by Gasteiger charge is -2.17. The number of nitrogens with zero attached hydrogens (tertiary/aromatic N) is 2. The molecule has 1 saturated heterocycles. The number of amidine groups is 1. The number of fused-ring (bicyclic) bond motifs is 1. The third kappa shape index (κ3) is 4.77. The van der Waals surface area contributed by atoms with Crippen molar-refractivity contribution in [2.75, 3.05) is 18.9 Å². The van der Waals surface area contributed by atoms with E-state index in [4.69, 9.17) is 0 Å². The first-order valence-electron chi connectivity index (χ1n) is 10.1. The predicted octanol–water partition coefficient (Wildman–Crippen LogP) is 4.15. The van der Waals surface area contributed by atoms with E-state index < -0.39 is 21.7 Å². The number of aromatic nitrogens is 1. The third-order valence-corrected chi connectivity index (χ3v) is 6.58. The zero-order chi connectivity index (χ0) is 22.0. The second-order valence-corrected chi connectivity index (χ2v) is 9.22. The van der Waals surface area contributed by atoms with Gasteiger partial charge in [0.1, 0.15) is 17.3 Å². The largest absolute Gasteiger partial charge is 0.362 e. The zero-order valence-electron chi connectivity index (χ0n) is 17.1. The molecule has 162 valence electrons. The van der Waals surface area contributed by atoms with Gasteiger partial charge in [-0.25, -0.2) is 4.39 Å². The van der Waals surface area contributed by atoms with Crippen LogP contribution in [0.25, 0.3) is 10.9 Å². The summed E-state index contributed by atoms with van der Waals surface area (Å²) in [5, 5.41) is 3.26. The molecule has 0 aliphatic carbocycles. The Kier molecular flexibility index (Phi) is 5.77. The molecule has 2 heterocycles. The van der Waals surface area contributed by atoms with Crippen molar-refractivity contribution in [2.24, 2.45) is 4.40 Å². The third-order valence-electron chi connectivity index (χ3n) is 5.28. The van der Waals surface area contributed by atoms with Gasteiger partial charge in [-0.15, -0.1) is 4.40 Å². The van der Waals surface area contributed by atoms with Gasteiger partial charge in [0.15, 0.2) is 0 Å². The number of nitrogens with one attached hydrogen (secondary N) is 2.